The number of rotatable bonds is 6. The standard InChI is InChI=1S/C26H29N3O4S2/c1-5-14-29-23-13-8-19(18(2)3)16-24(23)34-26(29)27-25(30)20-7-6-15-28(17-20)35(31,32)22-11-9-21(33-4)10-12-22/h1,8-13,16,18,20H,6-7,14-15,17H2,2-4H3. The molecule has 2 heterocycles. The number of hydrogen-bond acceptors (Lipinski definition) is 5. The first-order chi connectivity index (χ1) is 16.7. The Morgan fingerprint density at radius 1 is 1.26 bits per heavy atom. The number of thiazole rings is 1. The van der Waals surface area contributed by atoms with Crippen molar-refractivity contribution in [3.05, 3.63) is 52.8 Å². The normalized spacial score (nSPS) is 17.6. The SMILES string of the molecule is C#CCn1c(=NC(=O)C2CCCN(S(=O)(=O)c3ccc(OC)cc3)C2)sc2cc(C(C)C)ccc21. The van der Waals surface area contributed by atoms with Crippen molar-refractivity contribution >= 4 is 37.5 Å². The number of carbonyl (C=O) groups excluding carboxylic acids is 1. The van der Waals surface area contributed by atoms with Crippen LogP contribution in [0.3, 0.4) is 0 Å². The van der Waals surface area contributed by atoms with Crippen molar-refractivity contribution in [1.29, 1.82) is 0 Å². The molecule has 0 radical (unpaired) electrons. The van der Waals surface area contributed by atoms with E-state index >= 15 is 0 Å². The molecule has 184 valence electrons. The van der Waals surface area contributed by atoms with Gasteiger partial charge in [-0.1, -0.05) is 37.2 Å². The lowest BCUT2D eigenvalue weighted by Gasteiger charge is -2.30. The van der Waals surface area contributed by atoms with Crippen LogP contribution in [-0.4, -0.2) is 43.4 Å². The fraction of sp³-hybridized carbons (Fsp3) is 0.385. The van der Waals surface area contributed by atoms with Crippen LogP contribution in [0.15, 0.2) is 52.4 Å². The summed E-state index contributed by atoms with van der Waals surface area (Å²) in [6.07, 6.45) is 6.78. The van der Waals surface area contributed by atoms with Crippen LogP contribution in [0.2, 0.25) is 0 Å². The monoisotopic (exact) mass is 511 g/mol. The maximum absolute atomic E-state index is 13.2. The zero-order chi connectivity index (χ0) is 25.2. The lowest BCUT2D eigenvalue weighted by Crippen LogP contribution is -2.42. The number of nitrogens with zero attached hydrogens (tertiary/aromatic N) is 3. The maximum Gasteiger partial charge on any atom is 0.252 e. The van der Waals surface area contributed by atoms with E-state index in [4.69, 9.17) is 11.2 Å². The number of fused-ring (bicyclic) bond motifs is 1. The minimum Gasteiger partial charge on any atom is -0.497 e. The van der Waals surface area contributed by atoms with Crippen LogP contribution >= 0.6 is 11.3 Å². The van der Waals surface area contributed by atoms with Crippen molar-refractivity contribution in [3.63, 3.8) is 0 Å². The Kier molecular flexibility index (Phi) is 7.45. The van der Waals surface area contributed by atoms with Gasteiger partial charge in [-0.05, 0) is 60.7 Å². The summed E-state index contributed by atoms with van der Waals surface area (Å²) >= 11 is 1.43. The Labute approximate surface area is 210 Å². The van der Waals surface area contributed by atoms with E-state index in [-0.39, 0.29) is 17.3 Å². The number of terminal acetylenes is 1. The predicted molar refractivity (Wildman–Crippen MR) is 138 cm³/mol. The summed E-state index contributed by atoms with van der Waals surface area (Å²) in [7, 11) is -2.19. The highest BCUT2D eigenvalue weighted by Crippen LogP contribution is 2.27. The lowest BCUT2D eigenvalue weighted by molar-refractivity contribution is -0.122. The number of benzene rings is 2. The minimum absolute atomic E-state index is 0.105. The number of methoxy groups -OCH3 is 1. The van der Waals surface area contributed by atoms with E-state index in [9.17, 15) is 13.2 Å². The molecule has 0 aliphatic carbocycles. The molecule has 9 heteroatoms. The third-order valence-corrected chi connectivity index (χ3v) is 9.18. The first-order valence-corrected chi connectivity index (χ1v) is 13.8. The average Bonchev–Trinajstić information content (AvgIpc) is 3.20. The van der Waals surface area contributed by atoms with E-state index in [0.29, 0.717) is 42.4 Å². The molecular weight excluding hydrogens is 482 g/mol. The molecule has 7 nitrogen and oxygen atoms in total. The number of ether oxygens (including phenoxy) is 1. The fourth-order valence-electron chi connectivity index (χ4n) is 4.22. The summed E-state index contributed by atoms with van der Waals surface area (Å²) in [5.41, 5.74) is 2.15. The van der Waals surface area contributed by atoms with Gasteiger partial charge < -0.3 is 9.30 Å². The minimum atomic E-state index is -3.72. The highest BCUT2D eigenvalue weighted by molar-refractivity contribution is 7.89. The Balaban J connectivity index is 1.62. The van der Waals surface area contributed by atoms with Crippen LogP contribution in [-0.2, 0) is 21.4 Å². The van der Waals surface area contributed by atoms with Crippen LogP contribution in [0.1, 0.15) is 38.2 Å². The van der Waals surface area contributed by atoms with Crippen molar-refractivity contribution in [1.82, 2.24) is 8.87 Å². The summed E-state index contributed by atoms with van der Waals surface area (Å²) in [5, 5.41) is 0. The number of aromatic nitrogens is 1. The summed E-state index contributed by atoms with van der Waals surface area (Å²) in [6, 6.07) is 12.5. The Hall–Kier alpha value is -2.93. The second-order valence-electron chi connectivity index (χ2n) is 8.88. The van der Waals surface area contributed by atoms with E-state index in [0.717, 1.165) is 10.2 Å². The molecule has 1 aromatic heterocycles. The first-order valence-electron chi connectivity index (χ1n) is 11.5. The smallest absolute Gasteiger partial charge is 0.252 e. The fourth-order valence-corrected chi connectivity index (χ4v) is 6.83. The zero-order valence-corrected chi connectivity index (χ0v) is 21.7. The van der Waals surface area contributed by atoms with E-state index in [1.807, 2.05) is 10.6 Å². The van der Waals surface area contributed by atoms with Gasteiger partial charge >= 0.3 is 0 Å². The van der Waals surface area contributed by atoms with Crippen LogP contribution in [0.25, 0.3) is 10.2 Å². The molecule has 3 aromatic rings. The maximum atomic E-state index is 13.2. The van der Waals surface area contributed by atoms with E-state index in [1.54, 1.807) is 12.1 Å². The van der Waals surface area contributed by atoms with Crippen molar-refractivity contribution in [2.75, 3.05) is 20.2 Å². The molecular formula is C26H29N3O4S2. The summed E-state index contributed by atoms with van der Waals surface area (Å²) in [5.74, 6) is 2.78. The van der Waals surface area contributed by atoms with Gasteiger partial charge in [0, 0.05) is 13.1 Å². The van der Waals surface area contributed by atoms with Gasteiger partial charge in [0.1, 0.15) is 5.75 Å². The Bertz CT molecular complexity index is 1440. The van der Waals surface area contributed by atoms with Crippen molar-refractivity contribution < 1.29 is 17.9 Å². The van der Waals surface area contributed by atoms with Crippen molar-refractivity contribution in [2.24, 2.45) is 10.9 Å². The Morgan fingerprint density at radius 2 is 2.00 bits per heavy atom. The highest BCUT2D eigenvalue weighted by atomic mass is 32.2. The number of sulfonamides is 1. The van der Waals surface area contributed by atoms with Gasteiger partial charge in [0.25, 0.3) is 5.91 Å². The van der Waals surface area contributed by atoms with Gasteiger partial charge in [-0.2, -0.15) is 9.30 Å². The van der Waals surface area contributed by atoms with Gasteiger partial charge in [-0.25, -0.2) is 8.42 Å². The van der Waals surface area contributed by atoms with Crippen molar-refractivity contribution in [2.45, 2.75) is 44.0 Å². The molecule has 4 rings (SSSR count). The summed E-state index contributed by atoms with van der Waals surface area (Å²) < 4.78 is 35.7. The number of carbonyl (C=O) groups is 1. The molecule has 0 bridgehead atoms. The van der Waals surface area contributed by atoms with Gasteiger partial charge in [-0.15, -0.1) is 6.42 Å². The Morgan fingerprint density at radius 3 is 2.66 bits per heavy atom. The van der Waals surface area contributed by atoms with Crippen LogP contribution < -0.4 is 9.54 Å². The molecule has 1 fully saturated rings. The molecule has 1 saturated heterocycles. The lowest BCUT2D eigenvalue weighted by atomic mass is 9.99. The third kappa shape index (κ3) is 5.20. The summed E-state index contributed by atoms with van der Waals surface area (Å²) in [6.45, 7) is 5.04. The van der Waals surface area contributed by atoms with Gasteiger partial charge in [0.2, 0.25) is 10.0 Å². The van der Waals surface area contributed by atoms with E-state index in [1.165, 1.54) is 40.4 Å². The van der Waals surface area contributed by atoms with Crippen LogP contribution in [0, 0.1) is 18.3 Å². The quantitative estimate of drug-likeness (QED) is 0.469. The van der Waals surface area contributed by atoms with Crippen LogP contribution in [0.5, 0.6) is 5.75 Å². The number of piperidine rings is 1. The second kappa shape index (κ2) is 10.4. The van der Waals surface area contributed by atoms with Gasteiger partial charge in [0.15, 0.2) is 4.80 Å². The molecule has 35 heavy (non-hydrogen) atoms. The largest absolute Gasteiger partial charge is 0.497 e. The summed E-state index contributed by atoms with van der Waals surface area (Å²) in [4.78, 5) is 18.4. The van der Waals surface area contributed by atoms with Crippen molar-refractivity contribution in [3.8, 4) is 18.1 Å². The second-order valence-corrected chi connectivity index (χ2v) is 11.8. The topological polar surface area (TPSA) is 81.0 Å². The average molecular weight is 512 g/mol. The molecule has 1 atom stereocenters. The zero-order valence-electron chi connectivity index (χ0n) is 20.1. The molecule has 0 N–H and O–H groups in total. The molecule has 1 amide bonds. The molecule has 1 unspecified atom stereocenters. The molecule has 0 spiro atoms. The van der Waals surface area contributed by atoms with Gasteiger partial charge in [-0.3, -0.25) is 4.79 Å². The number of amides is 1. The number of hydrogen-bond donors (Lipinski definition) is 0. The van der Waals surface area contributed by atoms with E-state index in [2.05, 4.69) is 36.9 Å². The van der Waals surface area contributed by atoms with Crippen LogP contribution in [0.4, 0.5) is 0 Å². The van der Waals surface area contributed by atoms with E-state index < -0.39 is 15.9 Å². The first kappa shape index (κ1) is 25.2. The van der Waals surface area contributed by atoms with Gasteiger partial charge in [0.05, 0.1) is 34.7 Å². The highest BCUT2D eigenvalue weighted by Gasteiger charge is 2.33. The molecule has 1 aliphatic rings. The molecule has 2 aromatic carbocycles. The molecule has 0 saturated carbocycles. The third-order valence-electron chi connectivity index (χ3n) is 6.26. The molecule has 1 aliphatic heterocycles. The predicted octanol–water partition coefficient (Wildman–Crippen LogP) is 4.00.